The number of nitrogens with zero attached hydrogens (tertiary/aromatic N) is 1. The first kappa shape index (κ1) is 15.5. The lowest BCUT2D eigenvalue weighted by molar-refractivity contribution is -0.141. The van der Waals surface area contributed by atoms with Crippen molar-refractivity contribution in [3.05, 3.63) is 29.0 Å². The number of methoxy groups -OCH3 is 1. The van der Waals surface area contributed by atoms with Crippen LogP contribution in [-0.4, -0.2) is 47.8 Å². The van der Waals surface area contributed by atoms with Gasteiger partial charge in [-0.05, 0) is 18.2 Å². The molecule has 0 saturated carbocycles. The van der Waals surface area contributed by atoms with E-state index in [1.54, 1.807) is 0 Å². The molecule has 0 spiro atoms. The van der Waals surface area contributed by atoms with Crippen molar-refractivity contribution in [2.45, 2.75) is 18.6 Å². The van der Waals surface area contributed by atoms with E-state index in [1.165, 1.54) is 13.2 Å². The normalized spacial score (nSPS) is 21.4. The number of ether oxygens (including phenoxy) is 1. The van der Waals surface area contributed by atoms with Gasteiger partial charge >= 0.3 is 12.0 Å². The van der Waals surface area contributed by atoms with Gasteiger partial charge in [-0.25, -0.2) is 14.0 Å². The van der Waals surface area contributed by atoms with Gasteiger partial charge in [0.15, 0.2) is 0 Å². The molecule has 1 fully saturated rings. The lowest BCUT2D eigenvalue weighted by Gasteiger charge is -2.21. The molecule has 2 amide bonds. The van der Waals surface area contributed by atoms with E-state index in [0.29, 0.717) is 0 Å². The molecule has 1 aliphatic rings. The second kappa shape index (κ2) is 6.28. The fourth-order valence-corrected chi connectivity index (χ4v) is 2.47. The van der Waals surface area contributed by atoms with E-state index < -0.39 is 23.9 Å². The summed E-state index contributed by atoms with van der Waals surface area (Å²) in [5.74, 6) is -1.70. The van der Waals surface area contributed by atoms with Gasteiger partial charge in [-0.1, -0.05) is 11.6 Å². The third-order valence-corrected chi connectivity index (χ3v) is 3.47. The first-order chi connectivity index (χ1) is 9.90. The Labute approximate surface area is 125 Å². The van der Waals surface area contributed by atoms with Gasteiger partial charge in [-0.2, -0.15) is 0 Å². The van der Waals surface area contributed by atoms with Gasteiger partial charge in [0, 0.05) is 30.8 Å². The van der Waals surface area contributed by atoms with Gasteiger partial charge in [-0.15, -0.1) is 0 Å². The van der Waals surface area contributed by atoms with Crippen molar-refractivity contribution in [3.8, 4) is 0 Å². The minimum absolute atomic E-state index is 0.135. The van der Waals surface area contributed by atoms with Crippen LogP contribution in [0.15, 0.2) is 18.2 Å². The maximum Gasteiger partial charge on any atom is 0.326 e. The molecule has 2 rings (SSSR count). The molecule has 0 radical (unpaired) electrons. The summed E-state index contributed by atoms with van der Waals surface area (Å²) < 4.78 is 18.3. The summed E-state index contributed by atoms with van der Waals surface area (Å²) in [5.41, 5.74) is 0.162. The minimum Gasteiger partial charge on any atom is -0.480 e. The first-order valence-corrected chi connectivity index (χ1v) is 6.58. The molecule has 1 aromatic rings. The average Bonchev–Trinajstić information content (AvgIpc) is 2.81. The van der Waals surface area contributed by atoms with Crippen molar-refractivity contribution in [2.75, 3.05) is 19.0 Å². The van der Waals surface area contributed by atoms with Crippen LogP contribution in [0, 0.1) is 5.82 Å². The van der Waals surface area contributed by atoms with Gasteiger partial charge in [-0.3, -0.25) is 0 Å². The van der Waals surface area contributed by atoms with Gasteiger partial charge < -0.3 is 20.1 Å². The second-order valence-corrected chi connectivity index (χ2v) is 5.12. The van der Waals surface area contributed by atoms with E-state index >= 15 is 0 Å². The predicted octanol–water partition coefficient (Wildman–Crippen LogP) is 2.18. The number of urea groups is 1. The smallest absolute Gasteiger partial charge is 0.326 e. The lowest BCUT2D eigenvalue weighted by Crippen LogP contribution is -2.43. The number of rotatable bonds is 3. The van der Waals surface area contributed by atoms with Crippen LogP contribution in [0.4, 0.5) is 14.9 Å². The van der Waals surface area contributed by atoms with Crippen LogP contribution in [0.1, 0.15) is 6.42 Å². The number of aliphatic carboxylic acids is 1. The largest absolute Gasteiger partial charge is 0.480 e. The van der Waals surface area contributed by atoms with Crippen molar-refractivity contribution >= 4 is 29.3 Å². The lowest BCUT2D eigenvalue weighted by atomic mass is 10.2. The van der Waals surface area contributed by atoms with Crippen molar-refractivity contribution in [1.29, 1.82) is 0 Å². The highest BCUT2D eigenvalue weighted by Crippen LogP contribution is 2.23. The molecule has 2 atom stereocenters. The molecule has 0 bridgehead atoms. The fraction of sp³-hybridized carbons (Fsp3) is 0.385. The number of amides is 2. The Morgan fingerprint density at radius 1 is 1.48 bits per heavy atom. The molecule has 1 aromatic carbocycles. The molecule has 114 valence electrons. The molecule has 8 heteroatoms. The maximum absolute atomic E-state index is 13.2. The number of carbonyl (C=O) groups excluding carboxylic acids is 1. The van der Waals surface area contributed by atoms with Gasteiger partial charge in [0.1, 0.15) is 11.9 Å². The van der Waals surface area contributed by atoms with Gasteiger partial charge in [0.05, 0.1) is 6.10 Å². The number of hydrogen-bond donors (Lipinski definition) is 2. The second-order valence-electron chi connectivity index (χ2n) is 4.69. The molecule has 2 unspecified atom stereocenters. The number of carboxylic acids is 1. The van der Waals surface area contributed by atoms with E-state index in [0.717, 1.165) is 17.0 Å². The van der Waals surface area contributed by atoms with Crippen LogP contribution >= 0.6 is 11.6 Å². The Balaban J connectivity index is 2.13. The van der Waals surface area contributed by atoms with E-state index in [-0.39, 0.29) is 29.8 Å². The van der Waals surface area contributed by atoms with E-state index in [2.05, 4.69) is 5.32 Å². The van der Waals surface area contributed by atoms with Crippen LogP contribution in [0.3, 0.4) is 0 Å². The van der Waals surface area contributed by atoms with Crippen molar-refractivity contribution in [2.24, 2.45) is 0 Å². The summed E-state index contributed by atoms with van der Waals surface area (Å²) >= 11 is 5.70. The van der Waals surface area contributed by atoms with E-state index in [9.17, 15) is 14.0 Å². The molecule has 1 aliphatic heterocycles. The summed E-state index contributed by atoms with van der Waals surface area (Å²) in [4.78, 5) is 24.5. The standard InChI is InChI=1S/C13H14ClFN2O4/c1-21-10-5-11(12(18)19)17(6-10)13(20)16-9-3-7(14)2-8(15)4-9/h2-4,10-11H,5-6H2,1H3,(H,16,20)(H,18,19). The van der Waals surface area contributed by atoms with Crippen LogP contribution in [0.2, 0.25) is 5.02 Å². The molecule has 6 nitrogen and oxygen atoms in total. The quantitative estimate of drug-likeness (QED) is 0.896. The van der Waals surface area contributed by atoms with Crippen LogP contribution in [-0.2, 0) is 9.53 Å². The number of hydrogen-bond acceptors (Lipinski definition) is 3. The van der Waals surface area contributed by atoms with Gasteiger partial charge in [0.2, 0.25) is 0 Å². The number of likely N-dealkylation sites (tertiary alicyclic amines) is 1. The highest BCUT2D eigenvalue weighted by molar-refractivity contribution is 6.30. The van der Waals surface area contributed by atoms with Crippen molar-refractivity contribution in [1.82, 2.24) is 4.90 Å². The van der Waals surface area contributed by atoms with Crippen molar-refractivity contribution in [3.63, 3.8) is 0 Å². The molecular formula is C13H14ClFN2O4. The molecule has 2 N–H and O–H groups in total. The average molecular weight is 317 g/mol. The Hall–Kier alpha value is -1.86. The Morgan fingerprint density at radius 2 is 2.19 bits per heavy atom. The number of anilines is 1. The van der Waals surface area contributed by atoms with E-state index in [1.807, 2.05) is 0 Å². The fourth-order valence-electron chi connectivity index (χ4n) is 2.25. The summed E-state index contributed by atoms with van der Waals surface area (Å²) in [7, 11) is 1.46. The molecule has 1 saturated heterocycles. The number of carboxylic acid groups (broad SMARTS) is 1. The number of nitrogens with one attached hydrogen (secondary N) is 1. The zero-order valence-electron chi connectivity index (χ0n) is 11.2. The third-order valence-electron chi connectivity index (χ3n) is 3.26. The predicted molar refractivity (Wildman–Crippen MR) is 74.0 cm³/mol. The SMILES string of the molecule is COC1CC(C(=O)O)N(C(=O)Nc2cc(F)cc(Cl)c2)C1. The monoisotopic (exact) mass is 316 g/mol. The Bertz CT molecular complexity index is 549. The third kappa shape index (κ3) is 3.62. The van der Waals surface area contributed by atoms with Crippen molar-refractivity contribution < 1.29 is 23.8 Å². The summed E-state index contributed by atoms with van der Waals surface area (Å²) in [6, 6.07) is 1.97. The number of halogens is 2. The number of carbonyl (C=O) groups is 2. The zero-order chi connectivity index (χ0) is 15.6. The summed E-state index contributed by atoms with van der Waals surface area (Å²) in [6.07, 6.45) is -0.128. The number of benzene rings is 1. The van der Waals surface area contributed by atoms with Crippen LogP contribution in [0.25, 0.3) is 0 Å². The topological polar surface area (TPSA) is 78.9 Å². The highest BCUT2D eigenvalue weighted by Gasteiger charge is 2.39. The van der Waals surface area contributed by atoms with Crippen LogP contribution < -0.4 is 5.32 Å². The summed E-state index contributed by atoms with van der Waals surface area (Å²) in [5, 5.41) is 11.7. The molecule has 0 aromatic heterocycles. The summed E-state index contributed by atoms with van der Waals surface area (Å²) in [6.45, 7) is 0.155. The first-order valence-electron chi connectivity index (χ1n) is 6.20. The molecule has 0 aliphatic carbocycles. The van der Waals surface area contributed by atoms with E-state index in [4.69, 9.17) is 21.4 Å². The Morgan fingerprint density at radius 3 is 2.76 bits per heavy atom. The van der Waals surface area contributed by atoms with Gasteiger partial charge in [0.25, 0.3) is 0 Å². The zero-order valence-corrected chi connectivity index (χ0v) is 11.9. The maximum atomic E-state index is 13.2. The Kier molecular flexibility index (Phi) is 4.64. The van der Waals surface area contributed by atoms with Crippen LogP contribution in [0.5, 0.6) is 0 Å². The highest BCUT2D eigenvalue weighted by atomic mass is 35.5. The molecular weight excluding hydrogens is 303 g/mol. The molecule has 1 heterocycles. The molecule has 21 heavy (non-hydrogen) atoms. The minimum atomic E-state index is -1.11.